The number of hydrogen-bond acceptors (Lipinski definition) is 4. The maximum atomic E-state index is 4.37. The van der Waals surface area contributed by atoms with E-state index in [1.165, 1.54) is 11.1 Å². The van der Waals surface area contributed by atoms with Crippen molar-refractivity contribution in [3.63, 3.8) is 0 Å². The Hall–Kier alpha value is -3.79. The molecule has 0 N–H and O–H groups in total. The van der Waals surface area contributed by atoms with Gasteiger partial charge in [0.1, 0.15) is 11.6 Å². The van der Waals surface area contributed by atoms with E-state index in [9.17, 15) is 0 Å². The van der Waals surface area contributed by atoms with Gasteiger partial charge in [0.15, 0.2) is 5.82 Å². The molecular weight excluding hydrogens is 380 g/mol. The molecule has 0 aliphatic heterocycles. The Morgan fingerprint density at radius 1 is 0.516 bits per heavy atom. The fourth-order valence-electron chi connectivity index (χ4n) is 3.46. The topological polar surface area (TPSA) is 41.9 Å². The van der Waals surface area contributed by atoms with Crippen molar-refractivity contribution in [3.8, 4) is 0 Å². The fraction of sp³-hybridized carbons (Fsp3) is 0.148. The lowest BCUT2D eigenvalue weighted by Crippen LogP contribution is -2.09. The maximum Gasteiger partial charge on any atom is 0.156 e. The summed E-state index contributed by atoms with van der Waals surface area (Å²) in [6.07, 6.45) is 3.95. The number of rotatable bonds is 5. The minimum Gasteiger partial charge on any atom is -0.311 e. The third-order valence-corrected chi connectivity index (χ3v) is 5.04. The molecule has 31 heavy (non-hydrogen) atoms. The summed E-state index contributed by atoms with van der Waals surface area (Å²) in [7, 11) is 0. The van der Waals surface area contributed by atoms with Crippen molar-refractivity contribution in [2.45, 2.75) is 27.7 Å². The first-order valence-electron chi connectivity index (χ1n) is 10.4. The maximum absolute atomic E-state index is 4.37. The van der Waals surface area contributed by atoms with Crippen LogP contribution in [0.15, 0.2) is 72.8 Å². The molecular formula is C27H26N4. The van der Waals surface area contributed by atoms with E-state index < -0.39 is 0 Å². The number of benzene rings is 3. The molecule has 4 aromatic rings. The molecule has 1 aromatic heterocycles. The largest absolute Gasteiger partial charge is 0.311 e. The van der Waals surface area contributed by atoms with Crippen LogP contribution < -0.4 is 4.90 Å². The lowest BCUT2D eigenvalue weighted by molar-refractivity contribution is 0.908. The van der Waals surface area contributed by atoms with Gasteiger partial charge >= 0.3 is 0 Å². The number of nitrogens with zero attached hydrogens (tertiary/aromatic N) is 4. The Morgan fingerprint density at radius 2 is 0.935 bits per heavy atom. The summed E-state index contributed by atoms with van der Waals surface area (Å²) in [6, 6.07) is 25.7. The van der Waals surface area contributed by atoms with Crippen LogP contribution in [0.1, 0.15) is 34.2 Å². The summed E-state index contributed by atoms with van der Waals surface area (Å²) in [4.78, 5) is 15.2. The Labute approximate surface area is 184 Å². The molecule has 0 aliphatic carbocycles. The summed E-state index contributed by atoms with van der Waals surface area (Å²) in [5.41, 5.74) is 6.96. The highest BCUT2D eigenvalue weighted by atomic mass is 15.1. The lowest BCUT2D eigenvalue weighted by Gasteiger charge is -2.25. The van der Waals surface area contributed by atoms with E-state index in [1.807, 2.05) is 26.0 Å². The zero-order valence-electron chi connectivity index (χ0n) is 18.4. The van der Waals surface area contributed by atoms with Gasteiger partial charge in [0, 0.05) is 17.1 Å². The second-order valence-electron chi connectivity index (χ2n) is 7.72. The van der Waals surface area contributed by atoms with E-state index in [2.05, 4.69) is 106 Å². The third-order valence-electron chi connectivity index (χ3n) is 5.04. The van der Waals surface area contributed by atoms with Crippen molar-refractivity contribution < 1.29 is 0 Å². The van der Waals surface area contributed by atoms with Crippen LogP contribution in [0.2, 0.25) is 0 Å². The average molecular weight is 407 g/mol. The van der Waals surface area contributed by atoms with Crippen molar-refractivity contribution >= 4 is 29.2 Å². The molecule has 4 rings (SSSR count). The number of anilines is 3. The van der Waals surface area contributed by atoms with E-state index in [-0.39, 0.29) is 0 Å². The zero-order valence-corrected chi connectivity index (χ0v) is 18.4. The van der Waals surface area contributed by atoms with Crippen molar-refractivity contribution in [1.29, 1.82) is 0 Å². The summed E-state index contributed by atoms with van der Waals surface area (Å²) < 4.78 is 0. The summed E-state index contributed by atoms with van der Waals surface area (Å²) >= 11 is 0. The molecule has 4 nitrogen and oxygen atoms in total. The average Bonchev–Trinajstić information content (AvgIpc) is 2.75. The van der Waals surface area contributed by atoms with Crippen LogP contribution in [0.25, 0.3) is 12.2 Å². The molecule has 0 fully saturated rings. The molecule has 0 unspecified atom stereocenters. The van der Waals surface area contributed by atoms with Crippen molar-refractivity contribution in [2.75, 3.05) is 4.90 Å². The van der Waals surface area contributed by atoms with Gasteiger partial charge < -0.3 is 4.90 Å². The molecule has 1 heterocycles. The van der Waals surface area contributed by atoms with E-state index in [1.54, 1.807) is 0 Å². The van der Waals surface area contributed by atoms with Crippen LogP contribution in [0.3, 0.4) is 0 Å². The Kier molecular flexibility index (Phi) is 5.89. The minimum atomic E-state index is 0.676. The normalized spacial score (nSPS) is 11.1. The summed E-state index contributed by atoms with van der Waals surface area (Å²) in [6.45, 7) is 7.98. The minimum absolute atomic E-state index is 0.676. The summed E-state index contributed by atoms with van der Waals surface area (Å²) in [5.74, 6) is 2.14. The highest BCUT2D eigenvalue weighted by Crippen LogP contribution is 2.34. The van der Waals surface area contributed by atoms with E-state index in [0.717, 1.165) is 34.3 Å². The van der Waals surface area contributed by atoms with Gasteiger partial charge in [-0.3, -0.25) is 0 Å². The van der Waals surface area contributed by atoms with Crippen LogP contribution in [0.5, 0.6) is 0 Å². The predicted octanol–water partition coefficient (Wildman–Crippen LogP) is 6.75. The van der Waals surface area contributed by atoms with E-state index >= 15 is 0 Å². The molecule has 0 bridgehead atoms. The number of hydrogen-bond donors (Lipinski definition) is 0. The molecule has 0 spiro atoms. The van der Waals surface area contributed by atoms with Crippen molar-refractivity contribution in [3.05, 3.63) is 107 Å². The van der Waals surface area contributed by atoms with Crippen molar-refractivity contribution in [1.82, 2.24) is 15.0 Å². The van der Waals surface area contributed by atoms with Gasteiger partial charge in [-0.25, -0.2) is 15.0 Å². The van der Waals surface area contributed by atoms with Gasteiger partial charge in [0.2, 0.25) is 0 Å². The standard InChI is InChI=1S/C27H26N4/c1-19-5-12-24(13-6-19)31(25-14-7-20(2)8-15-25)26-16-9-23(10-17-26)11-18-27-29-21(3)28-22(4)30-27/h5-18H,1-4H3/b18-11+. The Bertz CT molecular complexity index is 1130. The van der Waals surface area contributed by atoms with Crippen LogP contribution in [-0.2, 0) is 0 Å². The molecule has 4 heteroatoms. The Morgan fingerprint density at radius 3 is 1.39 bits per heavy atom. The highest BCUT2D eigenvalue weighted by Gasteiger charge is 2.12. The second-order valence-corrected chi connectivity index (χ2v) is 7.72. The van der Waals surface area contributed by atoms with Gasteiger partial charge in [0.05, 0.1) is 0 Å². The molecule has 154 valence electrons. The zero-order chi connectivity index (χ0) is 21.8. The molecule has 0 saturated heterocycles. The quantitative estimate of drug-likeness (QED) is 0.368. The smallest absolute Gasteiger partial charge is 0.156 e. The number of aromatic nitrogens is 3. The monoisotopic (exact) mass is 406 g/mol. The highest BCUT2D eigenvalue weighted by molar-refractivity contribution is 5.78. The van der Waals surface area contributed by atoms with E-state index in [0.29, 0.717) is 5.82 Å². The van der Waals surface area contributed by atoms with Gasteiger partial charge in [-0.05, 0) is 75.7 Å². The van der Waals surface area contributed by atoms with Crippen LogP contribution in [-0.4, -0.2) is 15.0 Å². The first-order valence-corrected chi connectivity index (χ1v) is 10.4. The van der Waals surface area contributed by atoms with Crippen LogP contribution in [0, 0.1) is 27.7 Å². The molecule has 0 saturated carbocycles. The van der Waals surface area contributed by atoms with Crippen LogP contribution in [0.4, 0.5) is 17.1 Å². The van der Waals surface area contributed by atoms with Gasteiger partial charge in [-0.2, -0.15) is 0 Å². The fourth-order valence-corrected chi connectivity index (χ4v) is 3.46. The molecule has 3 aromatic carbocycles. The molecule has 0 amide bonds. The van der Waals surface area contributed by atoms with Gasteiger partial charge in [0.25, 0.3) is 0 Å². The van der Waals surface area contributed by atoms with Crippen molar-refractivity contribution in [2.24, 2.45) is 0 Å². The molecule has 0 radical (unpaired) electrons. The van der Waals surface area contributed by atoms with Gasteiger partial charge in [-0.1, -0.05) is 53.6 Å². The lowest BCUT2D eigenvalue weighted by atomic mass is 10.1. The van der Waals surface area contributed by atoms with Crippen LogP contribution >= 0.6 is 0 Å². The first-order chi connectivity index (χ1) is 15.0. The molecule has 0 atom stereocenters. The first kappa shape index (κ1) is 20.5. The van der Waals surface area contributed by atoms with E-state index in [4.69, 9.17) is 0 Å². The number of aryl methyl sites for hydroxylation is 4. The Balaban J connectivity index is 1.65. The third kappa shape index (κ3) is 5.04. The molecule has 0 aliphatic rings. The second kappa shape index (κ2) is 8.92. The summed E-state index contributed by atoms with van der Waals surface area (Å²) in [5, 5.41) is 0. The SMILES string of the molecule is Cc1ccc(N(c2ccc(C)cc2)c2ccc(/C=C/c3nc(C)nc(C)n3)cc2)cc1. The predicted molar refractivity (Wildman–Crippen MR) is 129 cm³/mol. The van der Waals surface area contributed by atoms with Gasteiger partial charge in [-0.15, -0.1) is 0 Å².